The van der Waals surface area contributed by atoms with Gasteiger partial charge in [0.05, 0.1) is 6.10 Å². The molecule has 1 saturated carbocycles. The van der Waals surface area contributed by atoms with Crippen molar-refractivity contribution in [1.82, 2.24) is 5.32 Å². The molecule has 1 amide bonds. The van der Waals surface area contributed by atoms with Crippen LogP contribution in [0.3, 0.4) is 0 Å². The molecule has 1 unspecified atom stereocenters. The van der Waals surface area contributed by atoms with Crippen LogP contribution in [0.5, 0.6) is 0 Å². The highest BCUT2D eigenvalue weighted by molar-refractivity contribution is 6.36. The fraction of sp³-hybridized carbons (Fsp3) is 0.533. The van der Waals surface area contributed by atoms with Crippen LogP contribution in [0, 0.1) is 5.92 Å². The second kappa shape index (κ2) is 7.45. The zero-order chi connectivity index (χ0) is 15.4. The minimum Gasteiger partial charge on any atom is -0.386 e. The van der Waals surface area contributed by atoms with Crippen molar-refractivity contribution in [2.45, 2.75) is 37.8 Å². The fourth-order valence-electron chi connectivity index (χ4n) is 2.77. The van der Waals surface area contributed by atoms with Crippen LogP contribution < -0.4 is 11.1 Å². The van der Waals surface area contributed by atoms with Crippen LogP contribution in [0.4, 0.5) is 0 Å². The van der Waals surface area contributed by atoms with E-state index in [1.165, 1.54) is 0 Å². The Hall–Kier alpha value is -0.810. The van der Waals surface area contributed by atoms with Crippen molar-refractivity contribution in [3.05, 3.63) is 33.8 Å². The molecule has 0 saturated heterocycles. The minimum absolute atomic E-state index is 0.0875. The second-order valence-electron chi connectivity index (χ2n) is 5.51. The standard InChI is InChI=1S/C15H20Cl2N2O2/c16-10-4-2-5-11(17)15(10)13(20)8-19-14(21)7-9-3-1-6-12(9)18/h2,4-5,9,12-13,20H,1,3,6-8,18H2,(H,19,21)/t9-,12+,13?/m0/s1. The van der Waals surface area contributed by atoms with Crippen molar-refractivity contribution >= 4 is 29.1 Å². The van der Waals surface area contributed by atoms with Crippen LogP contribution in [0.25, 0.3) is 0 Å². The maximum Gasteiger partial charge on any atom is 0.220 e. The number of hydrogen-bond acceptors (Lipinski definition) is 3. The van der Waals surface area contributed by atoms with Gasteiger partial charge in [0, 0.05) is 34.6 Å². The Morgan fingerprint density at radius 2 is 2.05 bits per heavy atom. The number of halogens is 2. The lowest BCUT2D eigenvalue weighted by atomic mass is 10.00. The lowest BCUT2D eigenvalue weighted by Gasteiger charge is -2.17. The van der Waals surface area contributed by atoms with Crippen LogP contribution in [-0.4, -0.2) is 23.6 Å². The molecule has 1 aromatic rings. The number of aliphatic hydroxyl groups excluding tert-OH is 1. The topological polar surface area (TPSA) is 75.4 Å². The summed E-state index contributed by atoms with van der Waals surface area (Å²) in [6.45, 7) is 0.0875. The van der Waals surface area contributed by atoms with E-state index < -0.39 is 6.10 Å². The SMILES string of the molecule is N[C@@H]1CCC[C@H]1CC(=O)NCC(O)c1c(Cl)cccc1Cl. The van der Waals surface area contributed by atoms with E-state index >= 15 is 0 Å². The second-order valence-corrected chi connectivity index (χ2v) is 6.33. The summed E-state index contributed by atoms with van der Waals surface area (Å²) in [7, 11) is 0. The van der Waals surface area contributed by atoms with Crippen LogP contribution in [0.1, 0.15) is 37.4 Å². The Bertz CT molecular complexity index is 490. The molecule has 0 aliphatic heterocycles. The number of nitrogens with two attached hydrogens (primary N) is 1. The van der Waals surface area contributed by atoms with Crippen molar-refractivity contribution in [3.63, 3.8) is 0 Å². The summed E-state index contributed by atoms with van der Waals surface area (Å²) in [6, 6.07) is 5.14. The smallest absolute Gasteiger partial charge is 0.220 e. The summed E-state index contributed by atoms with van der Waals surface area (Å²) in [5.74, 6) is 0.144. The molecule has 1 aliphatic rings. The Morgan fingerprint density at radius 1 is 1.38 bits per heavy atom. The zero-order valence-corrected chi connectivity index (χ0v) is 13.2. The molecule has 3 atom stereocenters. The van der Waals surface area contributed by atoms with Crippen LogP contribution in [0.2, 0.25) is 10.0 Å². The van der Waals surface area contributed by atoms with Gasteiger partial charge in [-0.2, -0.15) is 0 Å². The number of rotatable bonds is 5. The van der Waals surface area contributed by atoms with Gasteiger partial charge >= 0.3 is 0 Å². The molecule has 0 radical (unpaired) electrons. The summed E-state index contributed by atoms with van der Waals surface area (Å²) in [5.41, 5.74) is 6.39. The number of carbonyl (C=O) groups excluding carboxylic acids is 1. The van der Waals surface area contributed by atoms with Gasteiger partial charge in [-0.05, 0) is 30.9 Å². The molecule has 6 heteroatoms. The maximum atomic E-state index is 11.9. The molecule has 0 aromatic heterocycles. The molecular formula is C15H20Cl2N2O2. The van der Waals surface area contributed by atoms with E-state index in [2.05, 4.69) is 5.32 Å². The molecule has 0 heterocycles. The van der Waals surface area contributed by atoms with Gasteiger partial charge in [0.2, 0.25) is 5.91 Å². The van der Waals surface area contributed by atoms with Gasteiger partial charge in [-0.15, -0.1) is 0 Å². The van der Waals surface area contributed by atoms with E-state index in [1.54, 1.807) is 18.2 Å². The van der Waals surface area contributed by atoms with Crippen molar-refractivity contribution in [2.75, 3.05) is 6.54 Å². The average Bonchev–Trinajstić information content (AvgIpc) is 2.82. The van der Waals surface area contributed by atoms with Gasteiger partial charge in [0.15, 0.2) is 0 Å². The first-order chi connectivity index (χ1) is 9.99. The molecule has 4 nitrogen and oxygen atoms in total. The molecule has 1 fully saturated rings. The predicted molar refractivity (Wildman–Crippen MR) is 84.4 cm³/mol. The minimum atomic E-state index is -0.924. The molecule has 4 N–H and O–H groups in total. The Kier molecular flexibility index (Phi) is 5.88. The number of amides is 1. The third kappa shape index (κ3) is 4.33. The Labute approximate surface area is 134 Å². The van der Waals surface area contributed by atoms with E-state index in [0.717, 1.165) is 19.3 Å². The lowest BCUT2D eigenvalue weighted by molar-refractivity contribution is -0.122. The molecule has 2 rings (SSSR count). The fourth-order valence-corrected chi connectivity index (χ4v) is 3.42. The Morgan fingerprint density at radius 3 is 2.62 bits per heavy atom. The summed E-state index contributed by atoms with van der Waals surface area (Å²) in [6.07, 6.45) is 2.54. The summed E-state index contributed by atoms with van der Waals surface area (Å²) in [5, 5.41) is 13.6. The summed E-state index contributed by atoms with van der Waals surface area (Å²) < 4.78 is 0. The highest BCUT2D eigenvalue weighted by Gasteiger charge is 2.26. The number of carbonyl (C=O) groups is 1. The highest BCUT2D eigenvalue weighted by Crippen LogP contribution is 2.30. The van der Waals surface area contributed by atoms with E-state index in [1.807, 2.05) is 0 Å². The van der Waals surface area contributed by atoms with Crippen LogP contribution in [0.15, 0.2) is 18.2 Å². The summed E-state index contributed by atoms with van der Waals surface area (Å²) in [4.78, 5) is 11.9. The van der Waals surface area contributed by atoms with Gasteiger partial charge in [-0.1, -0.05) is 35.7 Å². The zero-order valence-electron chi connectivity index (χ0n) is 11.7. The molecule has 21 heavy (non-hydrogen) atoms. The van der Waals surface area contributed by atoms with Crippen molar-refractivity contribution in [1.29, 1.82) is 0 Å². The van der Waals surface area contributed by atoms with Crippen LogP contribution >= 0.6 is 23.2 Å². The van der Waals surface area contributed by atoms with Crippen LogP contribution in [-0.2, 0) is 4.79 Å². The molecular weight excluding hydrogens is 311 g/mol. The molecule has 0 bridgehead atoms. The first-order valence-corrected chi connectivity index (χ1v) is 7.89. The van der Waals surface area contributed by atoms with Gasteiger partial charge in [0.25, 0.3) is 0 Å². The molecule has 1 aromatic carbocycles. The molecule has 1 aliphatic carbocycles. The van der Waals surface area contributed by atoms with Crippen molar-refractivity contribution in [2.24, 2.45) is 11.7 Å². The highest BCUT2D eigenvalue weighted by atomic mass is 35.5. The van der Waals surface area contributed by atoms with E-state index in [-0.39, 0.29) is 24.4 Å². The summed E-state index contributed by atoms with van der Waals surface area (Å²) >= 11 is 12.0. The maximum absolute atomic E-state index is 11.9. The molecule has 0 spiro atoms. The monoisotopic (exact) mass is 330 g/mol. The Balaban J connectivity index is 1.86. The van der Waals surface area contributed by atoms with E-state index in [4.69, 9.17) is 28.9 Å². The van der Waals surface area contributed by atoms with Crippen molar-refractivity contribution in [3.8, 4) is 0 Å². The quantitative estimate of drug-likeness (QED) is 0.776. The molecule has 116 valence electrons. The van der Waals surface area contributed by atoms with Gasteiger partial charge in [-0.25, -0.2) is 0 Å². The first-order valence-electron chi connectivity index (χ1n) is 7.13. The average molecular weight is 331 g/mol. The largest absolute Gasteiger partial charge is 0.386 e. The van der Waals surface area contributed by atoms with E-state index in [9.17, 15) is 9.90 Å². The van der Waals surface area contributed by atoms with Crippen molar-refractivity contribution < 1.29 is 9.90 Å². The number of benzene rings is 1. The third-order valence-electron chi connectivity index (χ3n) is 3.99. The number of nitrogens with one attached hydrogen (secondary N) is 1. The first kappa shape index (κ1) is 16.6. The van der Waals surface area contributed by atoms with Gasteiger partial charge < -0.3 is 16.2 Å². The van der Waals surface area contributed by atoms with Gasteiger partial charge in [0.1, 0.15) is 0 Å². The normalized spacial score (nSPS) is 23.0. The number of aliphatic hydroxyl groups is 1. The number of hydrogen-bond donors (Lipinski definition) is 3. The predicted octanol–water partition coefficient (Wildman–Crippen LogP) is 2.66. The van der Waals surface area contributed by atoms with Gasteiger partial charge in [-0.3, -0.25) is 4.79 Å². The van der Waals surface area contributed by atoms with E-state index in [0.29, 0.717) is 22.0 Å². The third-order valence-corrected chi connectivity index (χ3v) is 4.65. The lowest BCUT2D eigenvalue weighted by Crippen LogP contribution is -2.33.